The van der Waals surface area contributed by atoms with Gasteiger partial charge in [-0.3, -0.25) is 9.59 Å². The van der Waals surface area contributed by atoms with Crippen molar-refractivity contribution in [3.05, 3.63) is 40.3 Å². The molecule has 0 saturated carbocycles. The van der Waals surface area contributed by atoms with Crippen LogP contribution < -0.4 is 10.6 Å². The van der Waals surface area contributed by atoms with Crippen LogP contribution in [0, 0.1) is 22.7 Å². The van der Waals surface area contributed by atoms with Crippen molar-refractivity contribution in [3.8, 4) is 17.5 Å². The fourth-order valence-corrected chi connectivity index (χ4v) is 6.75. The Morgan fingerprint density at radius 2 is 2.05 bits per heavy atom. The van der Waals surface area contributed by atoms with E-state index in [9.17, 15) is 14.9 Å². The molecule has 0 fully saturated rings. The molecule has 0 unspecified atom stereocenters. The second-order valence-corrected chi connectivity index (χ2v) is 12.3. The van der Waals surface area contributed by atoms with Crippen LogP contribution in [-0.4, -0.2) is 32.3 Å². The number of benzene rings is 1. The fourth-order valence-electron chi connectivity index (χ4n) is 4.66. The third-order valence-corrected chi connectivity index (χ3v) is 8.80. The zero-order valence-electron chi connectivity index (χ0n) is 21.8. The number of hydrogen-bond donors (Lipinski definition) is 2. The summed E-state index contributed by atoms with van der Waals surface area (Å²) in [4.78, 5) is 25.5. The number of thioether (sulfide) groups is 1. The van der Waals surface area contributed by atoms with Gasteiger partial charge < -0.3 is 15.2 Å². The van der Waals surface area contributed by atoms with E-state index in [4.69, 9.17) is 0 Å². The molecule has 3 aromatic rings. The van der Waals surface area contributed by atoms with Gasteiger partial charge >= 0.3 is 0 Å². The van der Waals surface area contributed by atoms with Crippen molar-refractivity contribution in [2.45, 2.75) is 65.6 Å². The van der Waals surface area contributed by atoms with E-state index >= 15 is 0 Å². The Morgan fingerprint density at radius 3 is 2.73 bits per heavy atom. The lowest BCUT2D eigenvalue weighted by Crippen LogP contribution is -2.26. The van der Waals surface area contributed by atoms with Crippen molar-refractivity contribution in [1.29, 1.82) is 5.26 Å². The van der Waals surface area contributed by atoms with Gasteiger partial charge in [-0.2, -0.15) is 5.26 Å². The van der Waals surface area contributed by atoms with E-state index in [-0.39, 0.29) is 23.0 Å². The molecule has 2 aromatic heterocycles. The SMILES string of the molecule is CCn1c(SCC(=O)Nc2sc3c(c2C#N)CC[C@@H](C(C)(C)C)C3)nnc1-c1cccc(NC(C)=O)c1. The van der Waals surface area contributed by atoms with E-state index < -0.39 is 0 Å². The van der Waals surface area contributed by atoms with Gasteiger partial charge in [0.2, 0.25) is 11.8 Å². The predicted molar refractivity (Wildman–Crippen MR) is 149 cm³/mol. The molecule has 0 radical (unpaired) electrons. The van der Waals surface area contributed by atoms with E-state index in [0.29, 0.717) is 39.7 Å². The summed E-state index contributed by atoms with van der Waals surface area (Å²) in [6.45, 7) is 10.9. The van der Waals surface area contributed by atoms with Crippen molar-refractivity contribution in [2.24, 2.45) is 11.3 Å². The minimum atomic E-state index is -0.174. The molecule has 1 aromatic carbocycles. The first kappa shape index (κ1) is 26.9. The van der Waals surface area contributed by atoms with Gasteiger partial charge in [-0.1, -0.05) is 44.7 Å². The number of fused-ring (bicyclic) bond motifs is 1. The maximum absolute atomic E-state index is 12.9. The Balaban J connectivity index is 1.45. The van der Waals surface area contributed by atoms with E-state index in [1.807, 2.05) is 35.8 Å². The van der Waals surface area contributed by atoms with E-state index in [0.717, 1.165) is 30.4 Å². The minimum Gasteiger partial charge on any atom is -0.326 e. The lowest BCUT2D eigenvalue weighted by Gasteiger charge is -2.33. The smallest absolute Gasteiger partial charge is 0.235 e. The third-order valence-electron chi connectivity index (χ3n) is 6.66. The largest absolute Gasteiger partial charge is 0.326 e. The van der Waals surface area contributed by atoms with E-state index in [1.165, 1.54) is 23.6 Å². The molecular weight excluding hydrogens is 504 g/mol. The second kappa shape index (κ2) is 11.1. The van der Waals surface area contributed by atoms with Crippen molar-refractivity contribution < 1.29 is 9.59 Å². The van der Waals surface area contributed by atoms with Crippen molar-refractivity contribution in [2.75, 3.05) is 16.4 Å². The summed E-state index contributed by atoms with van der Waals surface area (Å²) in [5, 5.41) is 25.5. The molecular formula is C27H32N6O2S2. The average Bonchev–Trinajstić information content (AvgIpc) is 3.41. The summed E-state index contributed by atoms with van der Waals surface area (Å²) >= 11 is 2.85. The molecule has 0 bridgehead atoms. The van der Waals surface area contributed by atoms with Gasteiger partial charge in [-0.25, -0.2) is 0 Å². The molecule has 0 saturated heterocycles. The molecule has 8 nitrogen and oxygen atoms in total. The standard InChI is InChI=1S/C27H32N6O2S2/c1-6-33-24(17-8-7-9-19(12-17)29-16(2)34)31-32-26(33)36-15-23(35)30-25-21(14-28)20-11-10-18(27(3,4)5)13-22(20)37-25/h7-9,12,18H,6,10-11,13,15H2,1-5H3,(H,29,34)(H,30,35)/t18-/m1/s1. The quantitative estimate of drug-likeness (QED) is 0.373. The van der Waals surface area contributed by atoms with Gasteiger partial charge in [-0.15, -0.1) is 21.5 Å². The lowest BCUT2D eigenvalue weighted by atomic mass is 9.72. The first-order valence-corrected chi connectivity index (χ1v) is 14.2. The molecule has 1 atom stereocenters. The highest BCUT2D eigenvalue weighted by molar-refractivity contribution is 7.99. The molecule has 2 heterocycles. The first-order valence-electron chi connectivity index (χ1n) is 12.4. The highest BCUT2D eigenvalue weighted by Gasteiger charge is 2.32. The van der Waals surface area contributed by atoms with Crippen molar-refractivity contribution >= 4 is 45.6 Å². The molecule has 4 rings (SSSR count). The highest BCUT2D eigenvalue weighted by Crippen LogP contribution is 2.44. The van der Waals surface area contributed by atoms with Crippen molar-refractivity contribution in [3.63, 3.8) is 0 Å². The third kappa shape index (κ3) is 6.05. The second-order valence-electron chi connectivity index (χ2n) is 10.3. The summed E-state index contributed by atoms with van der Waals surface area (Å²) in [6, 6.07) is 9.76. The van der Waals surface area contributed by atoms with Crippen molar-refractivity contribution in [1.82, 2.24) is 14.8 Å². The van der Waals surface area contributed by atoms with Gasteiger partial charge in [0.1, 0.15) is 11.1 Å². The molecule has 2 amide bonds. The van der Waals surface area contributed by atoms with Crippen LogP contribution in [0.5, 0.6) is 0 Å². The molecule has 0 aliphatic heterocycles. The van der Waals surface area contributed by atoms with Crippen LogP contribution in [-0.2, 0) is 29.0 Å². The van der Waals surface area contributed by atoms with E-state index in [1.54, 1.807) is 11.3 Å². The summed E-state index contributed by atoms with van der Waals surface area (Å²) in [5.74, 6) is 1.08. The summed E-state index contributed by atoms with van der Waals surface area (Å²) in [7, 11) is 0. The number of carbonyl (C=O) groups is 2. The Morgan fingerprint density at radius 1 is 1.27 bits per heavy atom. The average molecular weight is 537 g/mol. The number of aromatic nitrogens is 3. The Labute approximate surface area is 225 Å². The number of anilines is 2. The number of nitrogens with zero attached hydrogens (tertiary/aromatic N) is 4. The normalized spacial score (nSPS) is 15.1. The molecule has 194 valence electrons. The Kier molecular flexibility index (Phi) is 8.05. The number of nitriles is 1. The maximum Gasteiger partial charge on any atom is 0.235 e. The topological polar surface area (TPSA) is 113 Å². The van der Waals surface area contributed by atoms with Crippen LogP contribution in [0.2, 0.25) is 0 Å². The Hall–Kier alpha value is -3.16. The van der Waals surface area contributed by atoms with Crippen LogP contribution in [0.15, 0.2) is 29.4 Å². The predicted octanol–water partition coefficient (Wildman–Crippen LogP) is 5.74. The van der Waals surface area contributed by atoms with Crippen LogP contribution in [0.25, 0.3) is 11.4 Å². The number of carbonyl (C=O) groups excluding carboxylic acids is 2. The summed E-state index contributed by atoms with van der Waals surface area (Å²) in [6.07, 6.45) is 2.90. The highest BCUT2D eigenvalue weighted by atomic mass is 32.2. The molecule has 1 aliphatic carbocycles. The van der Waals surface area contributed by atoms with Gasteiger partial charge in [0.15, 0.2) is 11.0 Å². The van der Waals surface area contributed by atoms with E-state index in [2.05, 4.69) is 47.7 Å². The number of rotatable bonds is 7. The number of hydrogen-bond acceptors (Lipinski definition) is 7. The first-order chi connectivity index (χ1) is 17.6. The summed E-state index contributed by atoms with van der Waals surface area (Å²) in [5.41, 5.74) is 3.45. The number of amides is 2. The maximum atomic E-state index is 12.9. The summed E-state index contributed by atoms with van der Waals surface area (Å²) < 4.78 is 1.95. The monoisotopic (exact) mass is 536 g/mol. The Bertz CT molecular complexity index is 1360. The van der Waals surface area contributed by atoms with Crippen LogP contribution in [0.4, 0.5) is 10.7 Å². The zero-order valence-corrected chi connectivity index (χ0v) is 23.5. The zero-order chi connectivity index (χ0) is 26.7. The van der Waals surface area contributed by atoms with Crippen LogP contribution in [0.1, 0.15) is 57.0 Å². The van der Waals surface area contributed by atoms with Gasteiger partial charge in [0.05, 0.1) is 11.3 Å². The van der Waals surface area contributed by atoms with Gasteiger partial charge in [0.25, 0.3) is 0 Å². The molecule has 37 heavy (non-hydrogen) atoms. The number of nitrogens with one attached hydrogen (secondary N) is 2. The molecule has 2 N–H and O–H groups in total. The van der Waals surface area contributed by atoms with Gasteiger partial charge in [0, 0.05) is 29.6 Å². The lowest BCUT2D eigenvalue weighted by molar-refractivity contribution is -0.114. The van der Waals surface area contributed by atoms with Crippen LogP contribution >= 0.6 is 23.1 Å². The van der Waals surface area contributed by atoms with Gasteiger partial charge in [-0.05, 0) is 55.2 Å². The van der Waals surface area contributed by atoms with Crippen LogP contribution in [0.3, 0.4) is 0 Å². The molecule has 0 spiro atoms. The molecule has 1 aliphatic rings. The molecule has 10 heteroatoms. The number of thiophene rings is 1. The fraction of sp³-hybridized carbons (Fsp3) is 0.444. The minimum absolute atomic E-state index is 0.142.